The number of fused-ring (bicyclic) bond motifs is 1. The van der Waals surface area contributed by atoms with E-state index in [1.807, 2.05) is 6.08 Å². The Bertz CT molecular complexity index is 595. The maximum Gasteiger partial charge on any atom is 0.120 e. The molecule has 0 radical (unpaired) electrons. The third-order valence-corrected chi connectivity index (χ3v) is 8.41. The van der Waals surface area contributed by atoms with Gasteiger partial charge in [0, 0.05) is 17.9 Å². The molecule has 4 aliphatic rings. The highest BCUT2D eigenvalue weighted by molar-refractivity contribution is 9.10. The molecule has 1 spiro atoms. The van der Waals surface area contributed by atoms with E-state index >= 15 is 0 Å². The Balaban J connectivity index is 0.000000815. The molecule has 0 saturated heterocycles. The lowest BCUT2D eigenvalue weighted by atomic mass is 9.27. The van der Waals surface area contributed by atoms with Crippen molar-refractivity contribution in [2.24, 2.45) is 28.6 Å². The van der Waals surface area contributed by atoms with E-state index in [-0.39, 0.29) is 5.41 Å². The van der Waals surface area contributed by atoms with Crippen LogP contribution in [0.5, 0.6) is 0 Å². The zero-order chi connectivity index (χ0) is 17.6. The second kappa shape index (κ2) is 6.25. The third kappa shape index (κ3) is 2.13. The second-order valence-corrected chi connectivity index (χ2v) is 9.83. The zero-order valence-electron chi connectivity index (χ0n) is 14.8. The Kier molecular flexibility index (Phi) is 4.72. The molecule has 0 heterocycles. The summed E-state index contributed by atoms with van der Waals surface area (Å²) in [5, 5.41) is 7.00. The van der Waals surface area contributed by atoms with Gasteiger partial charge in [-0.05, 0) is 73.2 Å². The molecule has 5 unspecified atom stereocenters. The normalized spacial score (nSPS) is 47.3. The summed E-state index contributed by atoms with van der Waals surface area (Å²) in [6.07, 6.45) is 16.7. The highest BCUT2D eigenvalue weighted by atomic mass is 79.9. The number of rotatable bonds is 6. The van der Waals surface area contributed by atoms with E-state index in [1.54, 1.807) is 0 Å². The van der Waals surface area contributed by atoms with Gasteiger partial charge in [0.15, 0.2) is 0 Å². The van der Waals surface area contributed by atoms with Gasteiger partial charge in [0.2, 0.25) is 0 Å². The van der Waals surface area contributed by atoms with Crippen molar-refractivity contribution in [3.05, 3.63) is 36.5 Å². The molecule has 132 valence electrons. The lowest BCUT2D eigenvalue weighted by Gasteiger charge is -2.77. The summed E-state index contributed by atoms with van der Waals surface area (Å²) in [4.78, 5) is 11.5. The summed E-state index contributed by atoms with van der Waals surface area (Å²) in [5.41, 5.74) is 2.16. The van der Waals surface area contributed by atoms with Crippen LogP contribution in [0.4, 0.5) is 0 Å². The maximum absolute atomic E-state index is 11.5. The molecule has 4 aliphatic carbocycles. The van der Waals surface area contributed by atoms with Crippen LogP contribution in [0.3, 0.4) is 0 Å². The molecule has 0 aromatic rings. The van der Waals surface area contributed by atoms with Gasteiger partial charge in [-0.2, -0.15) is 0 Å². The van der Waals surface area contributed by atoms with Crippen LogP contribution in [0.1, 0.15) is 45.4 Å². The van der Waals surface area contributed by atoms with Crippen LogP contribution in [0, 0.1) is 28.6 Å². The monoisotopic (exact) mass is 392 g/mol. The lowest BCUT2D eigenvalue weighted by molar-refractivity contribution is -0.287. The first-order chi connectivity index (χ1) is 11.5. The molecule has 24 heavy (non-hydrogen) atoms. The summed E-state index contributed by atoms with van der Waals surface area (Å²) in [6, 6.07) is 0. The quantitative estimate of drug-likeness (QED) is 0.399. The summed E-state index contributed by atoms with van der Waals surface area (Å²) >= 11 is 4.07. The molecule has 2 bridgehead atoms. The number of aliphatic hydroxyl groups is 1. The van der Waals surface area contributed by atoms with Crippen molar-refractivity contribution in [2.45, 2.75) is 49.8 Å². The van der Waals surface area contributed by atoms with E-state index in [9.17, 15) is 4.79 Å². The Hall–Kier alpha value is -0.670. The molecular formula is C21H29BrO2. The van der Waals surface area contributed by atoms with Gasteiger partial charge < -0.3 is 9.90 Å². The summed E-state index contributed by atoms with van der Waals surface area (Å²) < 4.78 is 0.393. The standard InChI is InChI=1S/C20H25BrO.CH4O/c1-3-5-14(6-4-2)10-19(7-8-22)16-9-15-11-18(21)12-17(19)20(15,16)13-18;1-2/h3-6,8,15-17H,1,7,9-13H2,2H3;2H,1H3/b6-4-,14-5+;/t15?,16?,17?,18?,19-,20?;/m0./s1. The number of hydrogen-bond donors (Lipinski definition) is 1. The van der Waals surface area contributed by atoms with Crippen LogP contribution in [0.25, 0.3) is 0 Å². The molecule has 0 aliphatic heterocycles. The van der Waals surface area contributed by atoms with E-state index in [0.717, 1.165) is 37.7 Å². The first-order valence-corrected chi connectivity index (χ1v) is 9.85. The molecule has 6 atom stereocenters. The Morgan fingerprint density at radius 2 is 2.08 bits per heavy atom. The van der Waals surface area contributed by atoms with Gasteiger partial charge in [0.1, 0.15) is 6.29 Å². The molecule has 1 N–H and O–H groups in total. The number of allylic oxidation sites excluding steroid dienone is 5. The van der Waals surface area contributed by atoms with Crippen molar-refractivity contribution in [1.82, 2.24) is 0 Å². The molecule has 0 aromatic carbocycles. The number of aldehydes is 1. The van der Waals surface area contributed by atoms with E-state index in [1.165, 1.54) is 37.5 Å². The number of alkyl halides is 1. The van der Waals surface area contributed by atoms with Crippen LogP contribution in [0.2, 0.25) is 0 Å². The van der Waals surface area contributed by atoms with Crippen LogP contribution < -0.4 is 0 Å². The molecular weight excluding hydrogens is 364 g/mol. The largest absolute Gasteiger partial charge is 0.400 e. The highest BCUT2D eigenvalue weighted by Crippen LogP contribution is 2.90. The predicted molar refractivity (Wildman–Crippen MR) is 102 cm³/mol. The van der Waals surface area contributed by atoms with Crippen molar-refractivity contribution in [2.75, 3.05) is 7.11 Å². The van der Waals surface area contributed by atoms with Crippen LogP contribution in [-0.2, 0) is 4.79 Å². The summed E-state index contributed by atoms with van der Waals surface area (Å²) in [7, 11) is 1.00. The number of hydrogen-bond acceptors (Lipinski definition) is 2. The molecule has 3 heteroatoms. The minimum absolute atomic E-state index is 0.225. The molecule has 4 rings (SSSR count). The predicted octanol–water partition coefficient (Wildman–Crippen LogP) is 4.83. The maximum atomic E-state index is 11.5. The average Bonchev–Trinajstić information content (AvgIpc) is 3.00. The van der Waals surface area contributed by atoms with Crippen molar-refractivity contribution >= 4 is 22.2 Å². The highest BCUT2D eigenvalue weighted by Gasteiger charge is 2.84. The molecule has 0 amide bonds. The molecule has 4 saturated carbocycles. The number of halogens is 1. The SMILES string of the molecule is C=C/C=C(\C=C/C)C[C@@]1(CC=O)C2CC3CC4(Br)CC1C32C4.CO. The van der Waals surface area contributed by atoms with Crippen LogP contribution >= 0.6 is 15.9 Å². The van der Waals surface area contributed by atoms with Gasteiger partial charge >= 0.3 is 0 Å². The number of carbonyl (C=O) groups excluding carboxylic acids is 1. The molecule has 0 aromatic heterocycles. The topological polar surface area (TPSA) is 37.3 Å². The fourth-order valence-corrected chi connectivity index (χ4v) is 8.34. The Labute approximate surface area is 154 Å². The van der Waals surface area contributed by atoms with E-state index in [2.05, 4.69) is 47.7 Å². The minimum atomic E-state index is 0.225. The fourth-order valence-electron chi connectivity index (χ4n) is 7.14. The van der Waals surface area contributed by atoms with Crippen molar-refractivity contribution in [3.63, 3.8) is 0 Å². The van der Waals surface area contributed by atoms with Crippen molar-refractivity contribution < 1.29 is 9.90 Å². The fraction of sp³-hybridized carbons (Fsp3) is 0.667. The van der Waals surface area contributed by atoms with Crippen molar-refractivity contribution in [1.29, 1.82) is 0 Å². The summed E-state index contributed by atoms with van der Waals surface area (Å²) in [6.45, 7) is 5.92. The van der Waals surface area contributed by atoms with Gasteiger partial charge in [-0.15, -0.1) is 0 Å². The third-order valence-electron chi connectivity index (χ3n) is 7.48. The van der Waals surface area contributed by atoms with Crippen molar-refractivity contribution in [3.8, 4) is 0 Å². The number of carbonyl (C=O) groups is 1. The van der Waals surface area contributed by atoms with E-state index in [0.29, 0.717) is 9.74 Å². The average molecular weight is 393 g/mol. The Morgan fingerprint density at radius 3 is 2.67 bits per heavy atom. The van der Waals surface area contributed by atoms with E-state index in [4.69, 9.17) is 5.11 Å². The summed E-state index contributed by atoms with van der Waals surface area (Å²) in [5.74, 6) is 2.46. The molecule has 4 fully saturated rings. The lowest BCUT2D eigenvalue weighted by Crippen LogP contribution is -2.72. The second-order valence-electron chi connectivity index (χ2n) is 8.14. The first-order valence-electron chi connectivity index (χ1n) is 9.06. The van der Waals surface area contributed by atoms with Gasteiger partial charge in [-0.25, -0.2) is 0 Å². The zero-order valence-corrected chi connectivity index (χ0v) is 16.4. The number of aliphatic hydroxyl groups excluding tert-OH is 1. The van der Waals surface area contributed by atoms with Gasteiger partial charge in [0.05, 0.1) is 0 Å². The Morgan fingerprint density at radius 1 is 1.33 bits per heavy atom. The molecule has 2 nitrogen and oxygen atoms in total. The van der Waals surface area contributed by atoms with Crippen LogP contribution in [0.15, 0.2) is 36.5 Å². The van der Waals surface area contributed by atoms with Gasteiger partial charge in [-0.1, -0.05) is 46.8 Å². The first kappa shape index (κ1) is 18.1. The van der Waals surface area contributed by atoms with Crippen LogP contribution in [-0.4, -0.2) is 22.8 Å². The van der Waals surface area contributed by atoms with E-state index < -0.39 is 0 Å². The van der Waals surface area contributed by atoms with Gasteiger partial charge in [0.25, 0.3) is 0 Å². The smallest absolute Gasteiger partial charge is 0.120 e. The van der Waals surface area contributed by atoms with Gasteiger partial charge in [-0.3, -0.25) is 0 Å². The minimum Gasteiger partial charge on any atom is -0.400 e.